The molecular weight excluding hydrogens is 220 g/mol. The van der Waals surface area contributed by atoms with Crippen molar-refractivity contribution in [3.8, 4) is 0 Å². The lowest BCUT2D eigenvalue weighted by Crippen LogP contribution is -2.52. The van der Waals surface area contributed by atoms with E-state index in [1.54, 1.807) is 0 Å². The van der Waals surface area contributed by atoms with Gasteiger partial charge in [-0.05, 0) is 20.8 Å². The maximum atomic E-state index is 11.8. The third-order valence-electron chi connectivity index (χ3n) is 3.33. The molecule has 2 rings (SSSR count). The molecule has 0 unspecified atom stereocenters. The molecule has 1 N–H and O–H groups in total. The highest BCUT2D eigenvalue weighted by Gasteiger charge is 2.46. The molecule has 1 fully saturated rings. The number of aliphatic imine (C=N–C) groups is 1. The molecule has 5 nitrogen and oxygen atoms in total. The summed E-state index contributed by atoms with van der Waals surface area (Å²) in [7, 11) is 0. The molecular formula is C12H20N2O3. The Bertz CT molecular complexity index is 338. The molecule has 0 bridgehead atoms. The number of rotatable bonds is 3. The van der Waals surface area contributed by atoms with Gasteiger partial charge in [0.25, 0.3) is 5.91 Å². The SMILES string of the molecule is CCOC1(C2=NC(C)(C)C(=O)N2)CCOCC1. The third-order valence-corrected chi connectivity index (χ3v) is 3.33. The van der Waals surface area contributed by atoms with E-state index in [-0.39, 0.29) is 5.91 Å². The highest BCUT2D eigenvalue weighted by Crippen LogP contribution is 2.30. The van der Waals surface area contributed by atoms with E-state index in [9.17, 15) is 4.79 Å². The highest BCUT2D eigenvalue weighted by atomic mass is 16.5. The molecule has 0 aromatic rings. The van der Waals surface area contributed by atoms with Crippen molar-refractivity contribution in [1.82, 2.24) is 5.32 Å². The molecule has 0 radical (unpaired) electrons. The molecule has 17 heavy (non-hydrogen) atoms. The molecule has 0 atom stereocenters. The van der Waals surface area contributed by atoms with Crippen molar-refractivity contribution in [1.29, 1.82) is 0 Å². The van der Waals surface area contributed by atoms with Crippen LogP contribution in [0.1, 0.15) is 33.6 Å². The number of amides is 1. The average Bonchev–Trinajstić information content (AvgIpc) is 2.56. The Balaban J connectivity index is 2.25. The quantitative estimate of drug-likeness (QED) is 0.796. The Morgan fingerprint density at radius 2 is 2.06 bits per heavy atom. The summed E-state index contributed by atoms with van der Waals surface area (Å²) in [6.45, 7) is 7.49. The van der Waals surface area contributed by atoms with Crippen LogP contribution in [0.2, 0.25) is 0 Å². The number of nitrogens with zero attached hydrogens (tertiary/aromatic N) is 1. The molecule has 0 aliphatic carbocycles. The van der Waals surface area contributed by atoms with Crippen LogP contribution in [0.5, 0.6) is 0 Å². The van der Waals surface area contributed by atoms with Gasteiger partial charge in [0.2, 0.25) is 0 Å². The molecule has 0 spiro atoms. The Morgan fingerprint density at radius 3 is 2.53 bits per heavy atom. The van der Waals surface area contributed by atoms with Gasteiger partial charge in [-0.25, -0.2) is 0 Å². The van der Waals surface area contributed by atoms with E-state index in [1.807, 2.05) is 20.8 Å². The first-order valence-corrected chi connectivity index (χ1v) is 6.14. The van der Waals surface area contributed by atoms with Crippen molar-refractivity contribution < 1.29 is 14.3 Å². The lowest BCUT2D eigenvalue weighted by Gasteiger charge is -2.36. The van der Waals surface area contributed by atoms with E-state index in [0.29, 0.717) is 25.7 Å². The normalized spacial score (nSPS) is 26.5. The Morgan fingerprint density at radius 1 is 1.41 bits per heavy atom. The summed E-state index contributed by atoms with van der Waals surface area (Å²) < 4.78 is 11.2. The molecule has 0 aromatic heterocycles. The molecule has 0 aromatic carbocycles. The molecule has 96 valence electrons. The lowest BCUT2D eigenvalue weighted by molar-refractivity contribution is -0.123. The number of nitrogens with one attached hydrogen (secondary N) is 1. The van der Waals surface area contributed by atoms with Crippen LogP contribution < -0.4 is 5.32 Å². The minimum atomic E-state index is -0.683. The van der Waals surface area contributed by atoms with Crippen molar-refractivity contribution in [3.63, 3.8) is 0 Å². The predicted molar refractivity (Wildman–Crippen MR) is 64.1 cm³/mol. The van der Waals surface area contributed by atoms with Crippen LogP contribution in [0.15, 0.2) is 4.99 Å². The second-order valence-corrected chi connectivity index (χ2v) is 5.01. The van der Waals surface area contributed by atoms with Crippen LogP contribution in [-0.4, -0.2) is 42.7 Å². The van der Waals surface area contributed by atoms with Crippen LogP contribution in [0.25, 0.3) is 0 Å². The van der Waals surface area contributed by atoms with Crippen molar-refractivity contribution >= 4 is 11.7 Å². The summed E-state index contributed by atoms with van der Waals surface area (Å²) >= 11 is 0. The zero-order valence-corrected chi connectivity index (χ0v) is 10.7. The van der Waals surface area contributed by atoms with Crippen LogP contribution in [0.4, 0.5) is 0 Å². The van der Waals surface area contributed by atoms with E-state index in [2.05, 4.69) is 10.3 Å². The predicted octanol–water partition coefficient (Wildman–Crippen LogP) is 0.879. The summed E-state index contributed by atoms with van der Waals surface area (Å²) in [5.41, 5.74) is -1.14. The first kappa shape index (κ1) is 12.5. The van der Waals surface area contributed by atoms with E-state index >= 15 is 0 Å². The van der Waals surface area contributed by atoms with Gasteiger partial charge in [0.1, 0.15) is 17.0 Å². The maximum absolute atomic E-state index is 11.8. The minimum absolute atomic E-state index is 0.0573. The largest absolute Gasteiger partial charge is 0.381 e. The van der Waals surface area contributed by atoms with Crippen molar-refractivity contribution in [2.45, 2.75) is 44.8 Å². The van der Waals surface area contributed by atoms with Crippen LogP contribution in [-0.2, 0) is 14.3 Å². The summed E-state index contributed by atoms with van der Waals surface area (Å²) in [6.07, 6.45) is 1.49. The maximum Gasteiger partial charge on any atom is 0.252 e. The van der Waals surface area contributed by atoms with E-state index in [0.717, 1.165) is 12.8 Å². The zero-order valence-electron chi connectivity index (χ0n) is 10.7. The van der Waals surface area contributed by atoms with Crippen molar-refractivity contribution in [2.75, 3.05) is 19.8 Å². The van der Waals surface area contributed by atoms with Crippen molar-refractivity contribution in [2.24, 2.45) is 4.99 Å². The molecule has 5 heteroatoms. The standard InChI is InChI=1S/C12H20N2O3/c1-4-17-12(5-7-16-8-6-12)9-13-10(15)11(2,3)14-9/h4-8H2,1-3H3,(H,13,14,15). The second-order valence-electron chi connectivity index (χ2n) is 5.01. The number of carbonyl (C=O) groups excluding carboxylic acids is 1. The van der Waals surface area contributed by atoms with E-state index < -0.39 is 11.1 Å². The fraction of sp³-hybridized carbons (Fsp3) is 0.833. The van der Waals surface area contributed by atoms with Gasteiger partial charge in [0.15, 0.2) is 0 Å². The minimum Gasteiger partial charge on any atom is -0.381 e. The van der Waals surface area contributed by atoms with Gasteiger partial charge < -0.3 is 14.8 Å². The fourth-order valence-electron chi connectivity index (χ4n) is 2.26. The zero-order chi connectivity index (χ0) is 12.5. The summed E-state index contributed by atoms with van der Waals surface area (Å²) in [5, 5.41) is 2.87. The van der Waals surface area contributed by atoms with Gasteiger partial charge >= 0.3 is 0 Å². The van der Waals surface area contributed by atoms with Crippen LogP contribution in [0.3, 0.4) is 0 Å². The van der Waals surface area contributed by atoms with Crippen molar-refractivity contribution in [3.05, 3.63) is 0 Å². The Labute approximate surface area is 102 Å². The third kappa shape index (κ3) is 2.21. The number of hydrogen-bond donors (Lipinski definition) is 1. The van der Waals surface area contributed by atoms with Crippen LogP contribution >= 0.6 is 0 Å². The molecule has 2 aliphatic heterocycles. The average molecular weight is 240 g/mol. The summed E-state index contributed by atoms with van der Waals surface area (Å²) in [6, 6.07) is 0. The number of carbonyl (C=O) groups is 1. The molecule has 1 amide bonds. The van der Waals surface area contributed by atoms with Gasteiger partial charge in [-0.15, -0.1) is 0 Å². The first-order valence-electron chi connectivity index (χ1n) is 6.14. The Hall–Kier alpha value is -0.940. The fourth-order valence-corrected chi connectivity index (χ4v) is 2.26. The molecule has 2 heterocycles. The monoisotopic (exact) mass is 240 g/mol. The van der Waals surface area contributed by atoms with Crippen LogP contribution in [0, 0.1) is 0 Å². The van der Waals surface area contributed by atoms with Gasteiger partial charge in [0.05, 0.1) is 0 Å². The number of hydrogen-bond acceptors (Lipinski definition) is 4. The Kier molecular flexibility index (Phi) is 3.23. The van der Waals surface area contributed by atoms with Gasteiger partial charge in [-0.3, -0.25) is 9.79 Å². The lowest BCUT2D eigenvalue weighted by atomic mass is 9.92. The first-order chi connectivity index (χ1) is 8.00. The smallest absolute Gasteiger partial charge is 0.252 e. The number of amidine groups is 1. The molecule has 0 saturated carbocycles. The van der Waals surface area contributed by atoms with Gasteiger partial charge in [0, 0.05) is 32.7 Å². The van der Waals surface area contributed by atoms with Gasteiger partial charge in [-0.1, -0.05) is 0 Å². The highest BCUT2D eigenvalue weighted by molar-refractivity contribution is 6.11. The topological polar surface area (TPSA) is 59.9 Å². The van der Waals surface area contributed by atoms with E-state index in [4.69, 9.17) is 9.47 Å². The van der Waals surface area contributed by atoms with E-state index in [1.165, 1.54) is 0 Å². The number of ether oxygens (including phenoxy) is 2. The summed E-state index contributed by atoms with van der Waals surface area (Å²) in [5.74, 6) is 0.621. The second kappa shape index (κ2) is 4.38. The van der Waals surface area contributed by atoms with Gasteiger partial charge in [-0.2, -0.15) is 0 Å². The molecule has 2 aliphatic rings. The molecule has 1 saturated heterocycles. The summed E-state index contributed by atoms with van der Waals surface area (Å²) in [4.78, 5) is 16.3.